The lowest BCUT2D eigenvalue weighted by Gasteiger charge is -2.15. The molecule has 1 aliphatic heterocycles. The lowest BCUT2D eigenvalue weighted by molar-refractivity contribution is 0.556. The van der Waals surface area contributed by atoms with E-state index in [1.165, 1.54) is 11.1 Å². The van der Waals surface area contributed by atoms with Crippen molar-refractivity contribution in [1.82, 2.24) is 4.90 Å². The normalized spacial score (nSPS) is 16.2. The molecule has 0 aromatic heterocycles. The Morgan fingerprint density at radius 1 is 1.31 bits per heavy atom. The zero-order valence-corrected chi connectivity index (χ0v) is 8.12. The number of nitrogens with zero attached hydrogens (tertiary/aromatic N) is 2. The second-order valence-corrected chi connectivity index (χ2v) is 3.44. The van der Waals surface area contributed by atoms with Gasteiger partial charge in [0.2, 0.25) is 0 Å². The minimum atomic E-state index is 0.931. The third-order valence-corrected chi connectivity index (χ3v) is 2.44. The highest BCUT2D eigenvalue weighted by Gasteiger charge is 2.15. The van der Waals surface area contributed by atoms with Crippen molar-refractivity contribution in [2.24, 2.45) is 4.99 Å². The van der Waals surface area contributed by atoms with Crippen LogP contribution in [-0.2, 0) is 0 Å². The maximum absolute atomic E-state index is 4.49. The van der Waals surface area contributed by atoms with Crippen molar-refractivity contribution in [3.8, 4) is 0 Å². The Hall–Kier alpha value is -1.31. The van der Waals surface area contributed by atoms with Gasteiger partial charge in [0.15, 0.2) is 0 Å². The molecule has 2 rings (SSSR count). The van der Waals surface area contributed by atoms with Gasteiger partial charge in [-0.05, 0) is 12.5 Å². The van der Waals surface area contributed by atoms with E-state index in [4.69, 9.17) is 0 Å². The molecule has 13 heavy (non-hydrogen) atoms. The lowest BCUT2D eigenvalue weighted by atomic mass is 10.1. The molecule has 0 atom stereocenters. The zero-order valence-electron chi connectivity index (χ0n) is 8.12. The van der Waals surface area contributed by atoms with E-state index in [0.29, 0.717) is 0 Å². The van der Waals surface area contributed by atoms with Crippen LogP contribution in [0.25, 0.3) is 0 Å². The van der Waals surface area contributed by atoms with Crippen LogP contribution in [0.1, 0.15) is 11.1 Å². The molecule has 0 unspecified atom stereocenters. The first kappa shape index (κ1) is 8.30. The first-order valence-electron chi connectivity index (χ1n) is 4.60. The van der Waals surface area contributed by atoms with E-state index in [0.717, 1.165) is 18.9 Å². The van der Waals surface area contributed by atoms with Gasteiger partial charge in [-0.2, -0.15) is 0 Å². The number of hydrogen-bond donors (Lipinski definition) is 0. The van der Waals surface area contributed by atoms with Crippen LogP contribution < -0.4 is 0 Å². The summed E-state index contributed by atoms with van der Waals surface area (Å²) in [6.45, 7) is 4.11. The Morgan fingerprint density at radius 3 is 2.69 bits per heavy atom. The minimum Gasteiger partial charge on any atom is -0.358 e. The Bertz CT molecular complexity index is 342. The summed E-state index contributed by atoms with van der Waals surface area (Å²) in [5.41, 5.74) is 2.57. The third kappa shape index (κ3) is 1.44. The number of hydrogen-bond acceptors (Lipinski definition) is 2. The van der Waals surface area contributed by atoms with E-state index in [2.05, 4.69) is 48.1 Å². The molecule has 0 aliphatic carbocycles. The summed E-state index contributed by atoms with van der Waals surface area (Å²) >= 11 is 0. The Labute approximate surface area is 78.9 Å². The zero-order chi connectivity index (χ0) is 9.26. The first-order valence-corrected chi connectivity index (χ1v) is 4.60. The van der Waals surface area contributed by atoms with Crippen LogP contribution in [0.5, 0.6) is 0 Å². The van der Waals surface area contributed by atoms with Crippen molar-refractivity contribution in [2.75, 3.05) is 20.1 Å². The number of likely N-dealkylation sites (N-methyl/N-ethyl adjacent to an activating group) is 1. The molecule has 0 bridgehead atoms. The topological polar surface area (TPSA) is 15.6 Å². The van der Waals surface area contributed by atoms with E-state index in [-0.39, 0.29) is 0 Å². The highest BCUT2D eigenvalue weighted by atomic mass is 15.2. The molecule has 1 aromatic carbocycles. The van der Waals surface area contributed by atoms with Crippen LogP contribution in [-0.4, -0.2) is 30.9 Å². The average Bonchev–Trinajstić information content (AvgIpc) is 2.52. The standard InChI is InChI=1S/C11H14N2/c1-9-5-3-4-6-10(9)11-12-7-8-13(11)2/h3-6H,7-8H2,1-2H3. The number of benzene rings is 1. The molecule has 1 heterocycles. The highest BCUT2D eigenvalue weighted by molar-refractivity contribution is 6.00. The van der Waals surface area contributed by atoms with Crippen molar-refractivity contribution in [3.63, 3.8) is 0 Å². The van der Waals surface area contributed by atoms with Gasteiger partial charge in [-0.1, -0.05) is 24.3 Å². The number of rotatable bonds is 1. The van der Waals surface area contributed by atoms with Gasteiger partial charge in [0.1, 0.15) is 5.84 Å². The van der Waals surface area contributed by atoms with E-state index < -0.39 is 0 Å². The maximum Gasteiger partial charge on any atom is 0.131 e. The lowest BCUT2D eigenvalue weighted by Crippen LogP contribution is -2.24. The molecule has 0 fully saturated rings. The molecule has 0 radical (unpaired) electrons. The molecule has 0 amide bonds. The summed E-state index contributed by atoms with van der Waals surface area (Å²) in [7, 11) is 2.10. The van der Waals surface area contributed by atoms with Gasteiger partial charge in [-0.3, -0.25) is 4.99 Å². The van der Waals surface area contributed by atoms with Crippen LogP contribution in [0.15, 0.2) is 29.3 Å². The van der Waals surface area contributed by atoms with Gasteiger partial charge < -0.3 is 4.90 Å². The molecule has 0 spiro atoms. The quantitative estimate of drug-likeness (QED) is 0.632. The Morgan fingerprint density at radius 2 is 2.08 bits per heavy atom. The molecule has 2 heteroatoms. The van der Waals surface area contributed by atoms with E-state index >= 15 is 0 Å². The van der Waals surface area contributed by atoms with Crippen molar-refractivity contribution in [1.29, 1.82) is 0 Å². The molecule has 2 nitrogen and oxygen atoms in total. The second-order valence-electron chi connectivity index (χ2n) is 3.44. The SMILES string of the molecule is Cc1ccccc1C1=NCCN1C. The van der Waals surface area contributed by atoms with E-state index in [1.54, 1.807) is 0 Å². The second kappa shape index (κ2) is 3.21. The summed E-state index contributed by atoms with van der Waals surface area (Å²) in [5, 5.41) is 0. The van der Waals surface area contributed by atoms with Crippen molar-refractivity contribution in [2.45, 2.75) is 6.92 Å². The van der Waals surface area contributed by atoms with Gasteiger partial charge in [0.05, 0.1) is 6.54 Å². The summed E-state index contributed by atoms with van der Waals surface area (Å²) in [4.78, 5) is 6.70. The highest BCUT2D eigenvalue weighted by Crippen LogP contribution is 2.13. The van der Waals surface area contributed by atoms with E-state index in [1.807, 2.05) is 0 Å². The van der Waals surface area contributed by atoms with Gasteiger partial charge in [0, 0.05) is 19.2 Å². The summed E-state index contributed by atoms with van der Waals surface area (Å²) in [6.07, 6.45) is 0. The van der Waals surface area contributed by atoms with Crippen LogP contribution in [0.4, 0.5) is 0 Å². The average molecular weight is 174 g/mol. The third-order valence-electron chi connectivity index (χ3n) is 2.44. The van der Waals surface area contributed by atoms with Gasteiger partial charge in [-0.25, -0.2) is 0 Å². The predicted molar refractivity (Wildman–Crippen MR) is 55.2 cm³/mol. The van der Waals surface area contributed by atoms with Crippen LogP contribution in [0.3, 0.4) is 0 Å². The predicted octanol–water partition coefficient (Wildman–Crippen LogP) is 1.69. The van der Waals surface area contributed by atoms with Crippen molar-refractivity contribution >= 4 is 5.84 Å². The minimum absolute atomic E-state index is 0.931. The molecule has 68 valence electrons. The fourth-order valence-corrected chi connectivity index (χ4v) is 1.65. The maximum atomic E-state index is 4.49. The largest absolute Gasteiger partial charge is 0.358 e. The van der Waals surface area contributed by atoms with Crippen molar-refractivity contribution in [3.05, 3.63) is 35.4 Å². The fraction of sp³-hybridized carbons (Fsp3) is 0.364. The first-order chi connectivity index (χ1) is 6.29. The molecule has 0 N–H and O–H groups in total. The van der Waals surface area contributed by atoms with Gasteiger partial charge in [0.25, 0.3) is 0 Å². The molecule has 0 saturated heterocycles. The monoisotopic (exact) mass is 174 g/mol. The number of aliphatic imine (C=N–C) groups is 1. The molecule has 1 aromatic rings. The fourth-order valence-electron chi connectivity index (χ4n) is 1.65. The Balaban J connectivity index is 2.40. The number of amidine groups is 1. The molecule has 1 aliphatic rings. The summed E-state index contributed by atoms with van der Waals surface area (Å²) in [6, 6.07) is 8.39. The van der Waals surface area contributed by atoms with E-state index in [9.17, 15) is 0 Å². The summed E-state index contributed by atoms with van der Waals surface area (Å²) in [5.74, 6) is 1.14. The molecular formula is C11H14N2. The van der Waals surface area contributed by atoms with Crippen LogP contribution in [0, 0.1) is 6.92 Å². The van der Waals surface area contributed by atoms with Crippen LogP contribution in [0.2, 0.25) is 0 Å². The number of aryl methyl sites for hydroxylation is 1. The Kier molecular flexibility index (Phi) is 2.05. The molecule has 0 saturated carbocycles. The van der Waals surface area contributed by atoms with Crippen LogP contribution >= 0.6 is 0 Å². The van der Waals surface area contributed by atoms with Gasteiger partial charge >= 0.3 is 0 Å². The van der Waals surface area contributed by atoms with Gasteiger partial charge in [-0.15, -0.1) is 0 Å². The summed E-state index contributed by atoms with van der Waals surface area (Å²) < 4.78 is 0. The molecular weight excluding hydrogens is 160 g/mol. The smallest absolute Gasteiger partial charge is 0.131 e. The van der Waals surface area contributed by atoms with Crippen molar-refractivity contribution < 1.29 is 0 Å².